The smallest absolute Gasteiger partial charge is 0.126 e. The van der Waals surface area contributed by atoms with Crippen molar-refractivity contribution in [1.29, 1.82) is 0 Å². The minimum atomic E-state index is -0.228. The van der Waals surface area contributed by atoms with E-state index in [9.17, 15) is 4.39 Å². The van der Waals surface area contributed by atoms with Gasteiger partial charge in [0.25, 0.3) is 0 Å². The Morgan fingerprint density at radius 1 is 1.19 bits per heavy atom. The van der Waals surface area contributed by atoms with E-state index < -0.39 is 0 Å². The van der Waals surface area contributed by atoms with Crippen LogP contribution in [-0.2, 0) is 0 Å². The number of hydrogen-bond donors (Lipinski definition) is 0. The Hall–Kier alpha value is -1.81. The van der Waals surface area contributed by atoms with Crippen LogP contribution in [0.15, 0.2) is 42.7 Å². The summed E-state index contributed by atoms with van der Waals surface area (Å²) in [6.45, 7) is 0. The lowest BCUT2D eigenvalue weighted by atomic mass is 10.3. The molecule has 0 aliphatic heterocycles. The van der Waals surface area contributed by atoms with Crippen molar-refractivity contribution in [3.05, 3.63) is 48.5 Å². The molecule has 0 fully saturated rings. The molecule has 0 unspecified atom stereocenters. The predicted octanol–water partition coefficient (Wildman–Crippen LogP) is 3.50. The van der Waals surface area contributed by atoms with Crippen molar-refractivity contribution in [2.24, 2.45) is 0 Å². The highest BCUT2D eigenvalue weighted by Crippen LogP contribution is 2.29. The molecule has 0 aliphatic carbocycles. The molecule has 0 bridgehead atoms. The van der Waals surface area contributed by atoms with E-state index in [1.807, 2.05) is 12.1 Å². The number of nitrogens with zero attached hydrogens (tertiary/aromatic N) is 2. The fourth-order valence-corrected chi connectivity index (χ4v) is 2.49. The molecule has 0 N–H and O–H groups in total. The van der Waals surface area contributed by atoms with Gasteiger partial charge in [0.05, 0.1) is 10.2 Å². The van der Waals surface area contributed by atoms with Crippen molar-refractivity contribution in [3.8, 4) is 10.6 Å². The second kappa shape index (κ2) is 3.64. The maximum atomic E-state index is 13.0. The number of fused-ring (bicyclic) bond motifs is 1. The normalized spacial score (nSPS) is 10.8. The molecule has 3 aromatic rings. The van der Waals surface area contributed by atoms with Gasteiger partial charge in [-0.3, -0.25) is 4.98 Å². The fraction of sp³-hybridized carbons (Fsp3) is 0. The summed E-state index contributed by atoms with van der Waals surface area (Å²) >= 11 is 1.47. The quantitative estimate of drug-likeness (QED) is 0.639. The van der Waals surface area contributed by atoms with Crippen molar-refractivity contribution in [2.45, 2.75) is 0 Å². The van der Waals surface area contributed by atoms with Gasteiger partial charge in [-0.15, -0.1) is 11.3 Å². The Kier molecular flexibility index (Phi) is 2.15. The first-order valence-corrected chi connectivity index (χ1v) is 5.61. The zero-order valence-electron chi connectivity index (χ0n) is 8.22. The molecule has 78 valence electrons. The van der Waals surface area contributed by atoms with Crippen LogP contribution >= 0.6 is 11.3 Å². The van der Waals surface area contributed by atoms with Crippen LogP contribution in [0.25, 0.3) is 20.8 Å². The van der Waals surface area contributed by atoms with Crippen LogP contribution in [0.5, 0.6) is 0 Å². The maximum absolute atomic E-state index is 13.0. The Balaban J connectivity index is 2.19. The minimum absolute atomic E-state index is 0.228. The molecule has 4 heteroatoms. The third-order valence-electron chi connectivity index (χ3n) is 2.26. The summed E-state index contributed by atoms with van der Waals surface area (Å²) in [5.41, 5.74) is 1.79. The van der Waals surface area contributed by atoms with Crippen molar-refractivity contribution < 1.29 is 4.39 Å². The number of halogens is 1. The van der Waals surface area contributed by atoms with Gasteiger partial charge in [-0.25, -0.2) is 9.37 Å². The molecule has 0 radical (unpaired) electrons. The average Bonchev–Trinajstić information content (AvgIpc) is 2.73. The summed E-state index contributed by atoms with van der Waals surface area (Å²) in [7, 11) is 0. The summed E-state index contributed by atoms with van der Waals surface area (Å²) in [5.74, 6) is -0.228. The van der Waals surface area contributed by atoms with Crippen LogP contribution in [-0.4, -0.2) is 9.97 Å². The minimum Gasteiger partial charge on any atom is -0.264 e. The van der Waals surface area contributed by atoms with Gasteiger partial charge in [-0.2, -0.15) is 0 Å². The lowest BCUT2D eigenvalue weighted by molar-refractivity contribution is 0.630. The molecule has 3 rings (SSSR count). The molecular formula is C12H7FN2S. The average molecular weight is 230 g/mol. The predicted molar refractivity (Wildman–Crippen MR) is 62.8 cm³/mol. The van der Waals surface area contributed by atoms with Gasteiger partial charge in [0, 0.05) is 18.0 Å². The van der Waals surface area contributed by atoms with Gasteiger partial charge in [0.15, 0.2) is 0 Å². The maximum Gasteiger partial charge on any atom is 0.126 e. The number of pyridine rings is 1. The number of rotatable bonds is 1. The zero-order valence-corrected chi connectivity index (χ0v) is 9.04. The lowest BCUT2D eigenvalue weighted by Gasteiger charge is -1.91. The molecule has 0 amide bonds. The molecule has 0 saturated heterocycles. The standard InChI is InChI=1S/C12H7FN2S/c13-9-3-4-10-11(6-9)16-12(15-10)8-2-1-5-14-7-8/h1-7H. The van der Waals surface area contributed by atoms with E-state index >= 15 is 0 Å². The molecular weight excluding hydrogens is 223 g/mol. The number of benzene rings is 1. The van der Waals surface area contributed by atoms with Gasteiger partial charge >= 0.3 is 0 Å². The van der Waals surface area contributed by atoms with Crippen molar-refractivity contribution >= 4 is 21.6 Å². The van der Waals surface area contributed by atoms with E-state index in [1.54, 1.807) is 18.5 Å². The molecule has 2 aromatic heterocycles. The van der Waals surface area contributed by atoms with Crippen LogP contribution in [0.2, 0.25) is 0 Å². The monoisotopic (exact) mass is 230 g/mol. The van der Waals surface area contributed by atoms with Crippen LogP contribution < -0.4 is 0 Å². The summed E-state index contributed by atoms with van der Waals surface area (Å²) in [6, 6.07) is 8.44. The summed E-state index contributed by atoms with van der Waals surface area (Å²) in [4.78, 5) is 8.48. The molecule has 2 nitrogen and oxygen atoms in total. The first-order chi connectivity index (χ1) is 7.83. The topological polar surface area (TPSA) is 25.8 Å². The van der Waals surface area contributed by atoms with Gasteiger partial charge in [0.1, 0.15) is 10.8 Å². The number of aromatic nitrogens is 2. The molecule has 2 heterocycles. The fourth-order valence-electron chi connectivity index (χ4n) is 1.51. The van der Waals surface area contributed by atoms with E-state index in [0.717, 1.165) is 20.8 Å². The summed E-state index contributed by atoms with van der Waals surface area (Å²) in [6.07, 6.45) is 3.48. The number of hydrogen-bond acceptors (Lipinski definition) is 3. The van der Waals surface area contributed by atoms with E-state index in [2.05, 4.69) is 9.97 Å². The van der Waals surface area contributed by atoms with Crippen molar-refractivity contribution in [3.63, 3.8) is 0 Å². The molecule has 1 aromatic carbocycles. The highest BCUT2D eigenvalue weighted by Gasteiger charge is 2.06. The molecule has 0 aliphatic rings. The molecule has 0 saturated carbocycles. The van der Waals surface area contributed by atoms with Crippen molar-refractivity contribution in [2.75, 3.05) is 0 Å². The summed E-state index contributed by atoms with van der Waals surface area (Å²) < 4.78 is 13.9. The summed E-state index contributed by atoms with van der Waals surface area (Å²) in [5, 5.41) is 0.869. The highest BCUT2D eigenvalue weighted by molar-refractivity contribution is 7.21. The zero-order chi connectivity index (χ0) is 11.0. The Labute approximate surface area is 95.4 Å². The van der Waals surface area contributed by atoms with Crippen molar-refractivity contribution in [1.82, 2.24) is 9.97 Å². The van der Waals surface area contributed by atoms with Crippen LogP contribution in [0.4, 0.5) is 4.39 Å². The first kappa shape index (κ1) is 9.42. The third-order valence-corrected chi connectivity index (χ3v) is 3.33. The van der Waals surface area contributed by atoms with Crippen LogP contribution in [0.3, 0.4) is 0 Å². The van der Waals surface area contributed by atoms with Crippen LogP contribution in [0, 0.1) is 5.82 Å². The number of thiazole rings is 1. The Bertz CT molecular complexity index is 634. The second-order valence-corrected chi connectivity index (χ2v) is 4.40. The van der Waals surface area contributed by atoms with E-state index in [-0.39, 0.29) is 5.82 Å². The SMILES string of the molecule is Fc1ccc2nc(-c3cccnc3)sc2c1. The van der Waals surface area contributed by atoms with Gasteiger partial charge in [-0.1, -0.05) is 0 Å². The van der Waals surface area contributed by atoms with Gasteiger partial charge < -0.3 is 0 Å². The lowest BCUT2D eigenvalue weighted by Crippen LogP contribution is -1.76. The van der Waals surface area contributed by atoms with E-state index in [0.29, 0.717) is 0 Å². The molecule has 0 spiro atoms. The molecule has 0 atom stereocenters. The highest BCUT2D eigenvalue weighted by atomic mass is 32.1. The second-order valence-electron chi connectivity index (χ2n) is 3.37. The van der Waals surface area contributed by atoms with E-state index in [1.165, 1.54) is 23.5 Å². The van der Waals surface area contributed by atoms with Gasteiger partial charge in [-0.05, 0) is 30.3 Å². The van der Waals surface area contributed by atoms with E-state index in [4.69, 9.17) is 0 Å². The largest absolute Gasteiger partial charge is 0.264 e. The van der Waals surface area contributed by atoms with Gasteiger partial charge in [0.2, 0.25) is 0 Å². The van der Waals surface area contributed by atoms with Crippen LogP contribution in [0.1, 0.15) is 0 Å². The Morgan fingerprint density at radius 3 is 2.94 bits per heavy atom. The Morgan fingerprint density at radius 2 is 2.12 bits per heavy atom. The third kappa shape index (κ3) is 1.57. The molecule has 16 heavy (non-hydrogen) atoms. The first-order valence-electron chi connectivity index (χ1n) is 4.79.